The number of aliphatic hydroxyl groups is 1. The third kappa shape index (κ3) is 4.81. The Labute approximate surface area is 91.1 Å². The van der Waals surface area contributed by atoms with Crippen molar-refractivity contribution in [2.75, 3.05) is 20.2 Å². The van der Waals surface area contributed by atoms with E-state index in [9.17, 15) is 0 Å². The van der Waals surface area contributed by atoms with E-state index < -0.39 is 0 Å². The van der Waals surface area contributed by atoms with Gasteiger partial charge in [0.25, 0.3) is 0 Å². The zero-order chi connectivity index (χ0) is 11.1. The first kappa shape index (κ1) is 12.0. The van der Waals surface area contributed by atoms with Crippen LogP contribution in [0.4, 0.5) is 0 Å². The van der Waals surface area contributed by atoms with Gasteiger partial charge < -0.3 is 15.2 Å². The molecule has 0 aliphatic carbocycles. The molecule has 1 rings (SSSR count). The van der Waals surface area contributed by atoms with Crippen LogP contribution in [0.1, 0.15) is 12.5 Å². The zero-order valence-corrected chi connectivity index (χ0v) is 9.36. The third-order valence-corrected chi connectivity index (χ3v) is 2.16. The van der Waals surface area contributed by atoms with Gasteiger partial charge in [-0.3, -0.25) is 0 Å². The summed E-state index contributed by atoms with van der Waals surface area (Å²) in [6.45, 7) is 3.29. The zero-order valence-electron chi connectivity index (χ0n) is 9.36. The average Bonchev–Trinajstić information content (AvgIpc) is 2.24. The lowest BCUT2D eigenvalue weighted by Crippen LogP contribution is -2.26. The van der Waals surface area contributed by atoms with Crippen molar-refractivity contribution in [3.05, 3.63) is 29.8 Å². The van der Waals surface area contributed by atoms with Crippen molar-refractivity contribution in [2.45, 2.75) is 19.4 Å². The molecule has 3 nitrogen and oxygen atoms in total. The maximum atomic E-state index is 9.05. The Bertz CT molecular complexity index is 287. The van der Waals surface area contributed by atoms with Crippen LogP contribution < -0.4 is 10.1 Å². The molecule has 0 bridgehead atoms. The summed E-state index contributed by atoms with van der Waals surface area (Å²) in [5.74, 6) is 0.892. The lowest BCUT2D eigenvalue weighted by Gasteiger charge is -2.07. The summed E-state index contributed by atoms with van der Waals surface area (Å²) in [6.07, 6.45) is 0.666. The summed E-state index contributed by atoms with van der Waals surface area (Å²) in [5, 5.41) is 12.2. The molecule has 84 valence electrons. The van der Waals surface area contributed by atoms with E-state index >= 15 is 0 Å². The van der Waals surface area contributed by atoms with E-state index in [1.165, 1.54) is 5.56 Å². The normalized spacial score (nSPS) is 12.5. The molecule has 1 atom stereocenters. The number of nitrogens with one attached hydrogen (secondary N) is 1. The fraction of sp³-hybridized carbons (Fsp3) is 0.500. The molecule has 0 spiro atoms. The topological polar surface area (TPSA) is 41.5 Å². The highest BCUT2D eigenvalue weighted by atomic mass is 16.5. The van der Waals surface area contributed by atoms with Crippen LogP contribution in [0.5, 0.6) is 5.75 Å². The Hall–Kier alpha value is -1.06. The minimum absolute atomic E-state index is 0.282. The highest BCUT2D eigenvalue weighted by Crippen LogP contribution is 2.12. The van der Waals surface area contributed by atoms with Gasteiger partial charge in [-0.1, -0.05) is 12.1 Å². The summed E-state index contributed by atoms with van der Waals surface area (Å²) >= 11 is 0. The van der Waals surface area contributed by atoms with Gasteiger partial charge in [0.15, 0.2) is 0 Å². The van der Waals surface area contributed by atoms with Crippen molar-refractivity contribution < 1.29 is 9.84 Å². The largest absolute Gasteiger partial charge is 0.497 e. The molecule has 0 aliphatic rings. The first-order chi connectivity index (χ1) is 7.22. The minimum atomic E-state index is -0.282. The van der Waals surface area contributed by atoms with Gasteiger partial charge in [-0.05, 0) is 37.6 Å². The van der Waals surface area contributed by atoms with Crippen molar-refractivity contribution in [3.8, 4) is 5.75 Å². The van der Waals surface area contributed by atoms with Gasteiger partial charge >= 0.3 is 0 Å². The van der Waals surface area contributed by atoms with E-state index in [4.69, 9.17) is 9.84 Å². The first-order valence-corrected chi connectivity index (χ1v) is 5.24. The molecule has 1 unspecified atom stereocenters. The molecule has 0 aliphatic heterocycles. The maximum Gasteiger partial charge on any atom is 0.119 e. The molecule has 0 saturated carbocycles. The van der Waals surface area contributed by atoms with Crippen molar-refractivity contribution in [3.63, 3.8) is 0 Å². The molecule has 0 heterocycles. The fourth-order valence-corrected chi connectivity index (χ4v) is 1.37. The van der Waals surface area contributed by atoms with Crippen LogP contribution in [-0.2, 0) is 6.42 Å². The summed E-state index contributed by atoms with van der Waals surface area (Å²) in [7, 11) is 1.67. The number of hydrogen-bond acceptors (Lipinski definition) is 3. The molecular formula is C12H19NO2. The number of benzene rings is 1. The Morgan fingerprint density at radius 3 is 2.93 bits per heavy atom. The number of methoxy groups -OCH3 is 1. The molecule has 0 fully saturated rings. The summed E-state index contributed by atoms with van der Waals surface area (Å²) in [5.41, 5.74) is 1.24. The molecule has 0 radical (unpaired) electrons. The second-order valence-electron chi connectivity index (χ2n) is 3.65. The van der Waals surface area contributed by atoms with Crippen molar-refractivity contribution >= 4 is 0 Å². The Balaban J connectivity index is 2.30. The lowest BCUT2D eigenvalue weighted by atomic mass is 10.1. The van der Waals surface area contributed by atoms with Gasteiger partial charge in [0.1, 0.15) is 5.75 Å². The average molecular weight is 209 g/mol. The highest BCUT2D eigenvalue weighted by molar-refractivity contribution is 5.28. The Morgan fingerprint density at radius 1 is 1.47 bits per heavy atom. The van der Waals surface area contributed by atoms with Crippen molar-refractivity contribution in [1.82, 2.24) is 5.32 Å². The molecule has 0 amide bonds. The number of rotatable bonds is 6. The molecule has 3 heteroatoms. The maximum absolute atomic E-state index is 9.05. The van der Waals surface area contributed by atoms with E-state index in [0.717, 1.165) is 18.7 Å². The van der Waals surface area contributed by atoms with Crippen LogP contribution in [0.25, 0.3) is 0 Å². The van der Waals surface area contributed by atoms with Gasteiger partial charge in [-0.2, -0.15) is 0 Å². The van der Waals surface area contributed by atoms with Crippen LogP contribution in [0.15, 0.2) is 24.3 Å². The molecular weight excluding hydrogens is 190 g/mol. The van der Waals surface area contributed by atoms with E-state index in [-0.39, 0.29) is 6.10 Å². The number of hydrogen-bond donors (Lipinski definition) is 2. The molecule has 2 N–H and O–H groups in total. The minimum Gasteiger partial charge on any atom is -0.497 e. The van der Waals surface area contributed by atoms with Crippen LogP contribution in [0.3, 0.4) is 0 Å². The smallest absolute Gasteiger partial charge is 0.119 e. The highest BCUT2D eigenvalue weighted by Gasteiger charge is 1.97. The van der Waals surface area contributed by atoms with Crippen molar-refractivity contribution in [2.24, 2.45) is 0 Å². The van der Waals surface area contributed by atoms with Gasteiger partial charge in [0.05, 0.1) is 13.2 Å². The molecule has 1 aromatic carbocycles. The predicted molar refractivity (Wildman–Crippen MR) is 61.2 cm³/mol. The molecule has 1 aromatic rings. The fourth-order valence-electron chi connectivity index (χ4n) is 1.37. The third-order valence-electron chi connectivity index (χ3n) is 2.16. The number of ether oxygens (including phenoxy) is 1. The lowest BCUT2D eigenvalue weighted by molar-refractivity contribution is 0.191. The second kappa shape index (κ2) is 6.43. The van der Waals surface area contributed by atoms with E-state index in [2.05, 4.69) is 11.4 Å². The van der Waals surface area contributed by atoms with Crippen LogP contribution in [0.2, 0.25) is 0 Å². The Kier molecular flexibility index (Phi) is 5.15. The van der Waals surface area contributed by atoms with Gasteiger partial charge in [0.2, 0.25) is 0 Å². The van der Waals surface area contributed by atoms with E-state index in [1.807, 2.05) is 18.2 Å². The standard InChI is InChI=1S/C12H19NO2/c1-10(14)9-13-7-6-11-4-3-5-12(8-11)15-2/h3-5,8,10,13-14H,6-7,9H2,1-2H3. The van der Waals surface area contributed by atoms with E-state index in [0.29, 0.717) is 6.54 Å². The summed E-state index contributed by atoms with van der Waals surface area (Å²) in [4.78, 5) is 0. The Morgan fingerprint density at radius 2 is 2.27 bits per heavy atom. The van der Waals surface area contributed by atoms with Crippen molar-refractivity contribution in [1.29, 1.82) is 0 Å². The molecule has 0 saturated heterocycles. The SMILES string of the molecule is COc1cccc(CCNCC(C)O)c1. The quantitative estimate of drug-likeness (QED) is 0.692. The molecule has 15 heavy (non-hydrogen) atoms. The van der Waals surface area contributed by atoms with Gasteiger partial charge in [-0.15, -0.1) is 0 Å². The monoisotopic (exact) mass is 209 g/mol. The summed E-state index contributed by atoms with van der Waals surface area (Å²) < 4.78 is 5.14. The van der Waals surface area contributed by atoms with Crippen LogP contribution in [-0.4, -0.2) is 31.4 Å². The van der Waals surface area contributed by atoms with Crippen LogP contribution >= 0.6 is 0 Å². The van der Waals surface area contributed by atoms with E-state index in [1.54, 1.807) is 14.0 Å². The first-order valence-electron chi connectivity index (χ1n) is 5.24. The van der Waals surface area contributed by atoms with Crippen LogP contribution in [0, 0.1) is 0 Å². The predicted octanol–water partition coefficient (Wildman–Crippen LogP) is 1.21. The number of aliphatic hydroxyl groups excluding tert-OH is 1. The molecule has 0 aromatic heterocycles. The second-order valence-corrected chi connectivity index (χ2v) is 3.65. The van der Waals surface area contributed by atoms with Gasteiger partial charge in [-0.25, -0.2) is 0 Å². The summed E-state index contributed by atoms with van der Waals surface area (Å²) in [6, 6.07) is 8.03. The van der Waals surface area contributed by atoms with Gasteiger partial charge in [0, 0.05) is 6.54 Å².